The van der Waals surface area contributed by atoms with E-state index in [0.29, 0.717) is 6.61 Å². The van der Waals surface area contributed by atoms with E-state index in [0.717, 1.165) is 12.8 Å². The van der Waals surface area contributed by atoms with Gasteiger partial charge < -0.3 is 14.9 Å². The first-order valence-electron chi connectivity index (χ1n) is 3.71. The van der Waals surface area contributed by atoms with Gasteiger partial charge in [-0.1, -0.05) is 0 Å². The van der Waals surface area contributed by atoms with Crippen molar-refractivity contribution in [3.05, 3.63) is 0 Å². The maximum absolute atomic E-state index is 9.49. The molecule has 2 rings (SSSR count). The SMILES string of the molecule is OC[C@@]12CC[C@@H](CO1)[C@@H]2O. The van der Waals surface area contributed by atoms with E-state index in [1.165, 1.54) is 0 Å². The molecule has 3 atom stereocenters. The Kier molecular flexibility index (Phi) is 1.27. The largest absolute Gasteiger partial charge is 0.393 e. The number of rotatable bonds is 1. The Morgan fingerprint density at radius 3 is 2.60 bits per heavy atom. The number of hydrogen-bond acceptors (Lipinski definition) is 3. The predicted molar refractivity (Wildman–Crippen MR) is 34.5 cm³/mol. The van der Waals surface area contributed by atoms with Gasteiger partial charge in [-0.3, -0.25) is 0 Å². The molecule has 0 unspecified atom stereocenters. The fourth-order valence-corrected chi connectivity index (χ4v) is 1.99. The van der Waals surface area contributed by atoms with E-state index in [2.05, 4.69) is 0 Å². The molecule has 1 aliphatic carbocycles. The fraction of sp³-hybridized carbons (Fsp3) is 1.00. The van der Waals surface area contributed by atoms with Crippen molar-refractivity contribution in [3.8, 4) is 0 Å². The van der Waals surface area contributed by atoms with Gasteiger partial charge in [0, 0.05) is 5.92 Å². The molecule has 2 bridgehead atoms. The Morgan fingerprint density at radius 2 is 2.40 bits per heavy atom. The summed E-state index contributed by atoms with van der Waals surface area (Å²) in [4.78, 5) is 0. The van der Waals surface area contributed by atoms with Crippen LogP contribution in [-0.4, -0.2) is 35.1 Å². The molecule has 0 aromatic heterocycles. The van der Waals surface area contributed by atoms with Crippen LogP contribution in [0.25, 0.3) is 0 Å². The number of aliphatic hydroxyl groups is 2. The highest BCUT2D eigenvalue weighted by Gasteiger charge is 2.54. The molecule has 0 spiro atoms. The third-order valence-corrected chi connectivity index (χ3v) is 2.78. The zero-order valence-electron chi connectivity index (χ0n) is 5.79. The Hall–Kier alpha value is -0.120. The Morgan fingerprint density at radius 1 is 1.60 bits per heavy atom. The average Bonchev–Trinajstić information content (AvgIpc) is 2.46. The molecule has 3 heteroatoms. The van der Waals surface area contributed by atoms with Crippen LogP contribution in [0.4, 0.5) is 0 Å². The molecule has 0 amide bonds. The number of aliphatic hydroxyl groups excluding tert-OH is 2. The Labute approximate surface area is 59.6 Å². The molecule has 2 N–H and O–H groups in total. The number of fused-ring (bicyclic) bond motifs is 2. The van der Waals surface area contributed by atoms with E-state index in [-0.39, 0.29) is 12.5 Å². The van der Waals surface area contributed by atoms with Gasteiger partial charge >= 0.3 is 0 Å². The molecule has 1 saturated carbocycles. The quantitative estimate of drug-likeness (QED) is 0.522. The van der Waals surface area contributed by atoms with E-state index in [1.807, 2.05) is 0 Å². The highest BCUT2D eigenvalue weighted by Crippen LogP contribution is 2.43. The van der Waals surface area contributed by atoms with Crippen LogP contribution in [-0.2, 0) is 4.74 Å². The van der Waals surface area contributed by atoms with E-state index >= 15 is 0 Å². The molecule has 1 aliphatic heterocycles. The molecular formula is C7H12O3. The van der Waals surface area contributed by atoms with E-state index < -0.39 is 11.7 Å². The molecule has 2 aliphatic rings. The zero-order chi connectivity index (χ0) is 7.19. The van der Waals surface area contributed by atoms with Crippen LogP contribution in [0.1, 0.15) is 12.8 Å². The minimum atomic E-state index is -0.579. The zero-order valence-corrected chi connectivity index (χ0v) is 5.79. The Bertz CT molecular complexity index is 138. The molecule has 10 heavy (non-hydrogen) atoms. The summed E-state index contributed by atoms with van der Waals surface area (Å²) in [5.41, 5.74) is -0.579. The highest BCUT2D eigenvalue weighted by molar-refractivity contribution is 5.03. The molecule has 2 fully saturated rings. The Balaban J connectivity index is 2.22. The molecule has 3 nitrogen and oxygen atoms in total. The van der Waals surface area contributed by atoms with Crippen molar-refractivity contribution in [3.63, 3.8) is 0 Å². The van der Waals surface area contributed by atoms with Gasteiger partial charge in [-0.05, 0) is 12.8 Å². The average molecular weight is 144 g/mol. The standard InChI is InChI=1S/C7H12O3/c8-4-7-2-1-5(3-10-7)6(7)9/h5-6,8-9H,1-4H2/t5-,6-,7+/m0/s1. The lowest BCUT2D eigenvalue weighted by Gasteiger charge is -2.25. The lowest BCUT2D eigenvalue weighted by molar-refractivity contribution is -0.0887. The van der Waals surface area contributed by atoms with Gasteiger partial charge in [-0.25, -0.2) is 0 Å². The molecule has 0 aromatic rings. The second-order valence-electron chi connectivity index (χ2n) is 3.28. The van der Waals surface area contributed by atoms with Crippen molar-refractivity contribution < 1.29 is 14.9 Å². The van der Waals surface area contributed by atoms with Gasteiger partial charge in [0.1, 0.15) is 5.60 Å². The minimum Gasteiger partial charge on any atom is -0.393 e. The molecule has 1 saturated heterocycles. The molecule has 1 heterocycles. The van der Waals surface area contributed by atoms with Crippen molar-refractivity contribution in [1.29, 1.82) is 0 Å². The summed E-state index contributed by atoms with van der Waals surface area (Å²) < 4.78 is 5.30. The third-order valence-electron chi connectivity index (χ3n) is 2.78. The van der Waals surface area contributed by atoms with Gasteiger partial charge in [0.05, 0.1) is 19.3 Å². The first kappa shape index (κ1) is 6.58. The van der Waals surface area contributed by atoms with E-state index in [1.54, 1.807) is 0 Å². The lowest BCUT2D eigenvalue weighted by atomic mass is 10.0. The second-order valence-corrected chi connectivity index (χ2v) is 3.28. The van der Waals surface area contributed by atoms with Crippen LogP contribution < -0.4 is 0 Å². The summed E-state index contributed by atoms with van der Waals surface area (Å²) in [5, 5.41) is 18.4. The van der Waals surface area contributed by atoms with Crippen molar-refractivity contribution in [2.75, 3.05) is 13.2 Å². The van der Waals surface area contributed by atoms with Crippen molar-refractivity contribution in [2.24, 2.45) is 5.92 Å². The first-order chi connectivity index (χ1) is 4.78. The van der Waals surface area contributed by atoms with Crippen LogP contribution in [0, 0.1) is 5.92 Å². The minimum absolute atomic E-state index is 0.0370. The smallest absolute Gasteiger partial charge is 0.117 e. The van der Waals surface area contributed by atoms with E-state index in [4.69, 9.17) is 9.84 Å². The topological polar surface area (TPSA) is 49.7 Å². The first-order valence-corrected chi connectivity index (χ1v) is 3.71. The summed E-state index contributed by atoms with van der Waals surface area (Å²) in [6, 6.07) is 0. The fourth-order valence-electron chi connectivity index (χ4n) is 1.99. The molecular weight excluding hydrogens is 132 g/mol. The summed E-state index contributed by atoms with van der Waals surface area (Å²) >= 11 is 0. The number of hydrogen-bond donors (Lipinski definition) is 2. The van der Waals surface area contributed by atoms with Gasteiger partial charge in [0.25, 0.3) is 0 Å². The maximum atomic E-state index is 9.49. The summed E-state index contributed by atoms with van der Waals surface area (Å²) in [7, 11) is 0. The molecule has 0 radical (unpaired) electrons. The molecule has 0 aromatic carbocycles. The maximum Gasteiger partial charge on any atom is 0.117 e. The van der Waals surface area contributed by atoms with E-state index in [9.17, 15) is 5.11 Å². The van der Waals surface area contributed by atoms with Crippen molar-refractivity contribution >= 4 is 0 Å². The van der Waals surface area contributed by atoms with Crippen LogP contribution in [0.5, 0.6) is 0 Å². The van der Waals surface area contributed by atoms with Gasteiger partial charge in [-0.2, -0.15) is 0 Å². The normalized spacial score (nSPS) is 52.2. The van der Waals surface area contributed by atoms with Gasteiger partial charge in [0.15, 0.2) is 0 Å². The van der Waals surface area contributed by atoms with Crippen LogP contribution in [0.15, 0.2) is 0 Å². The lowest BCUT2D eigenvalue weighted by Crippen LogP contribution is -2.40. The van der Waals surface area contributed by atoms with Crippen molar-refractivity contribution in [1.82, 2.24) is 0 Å². The summed E-state index contributed by atoms with van der Waals surface area (Å²) in [5.74, 6) is 0.284. The number of ether oxygens (including phenoxy) is 1. The third kappa shape index (κ3) is 0.603. The molecule has 58 valence electrons. The summed E-state index contributed by atoms with van der Waals surface area (Å²) in [6.07, 6.45) is 1.40. The second kappa shape index (κ2) is 1.94. The summed E-state index contributed by atoms with van der Waals surface area (Å²) in [6.45, 7) is 0.590. The van der Waals surface area contributed by atoms with Gasteiger partial charge in [0.2, 0.25) is 0 Å². The highest BCUT2D eigenvalue weighted by atomic mass is 16.5. The predicted octanol–water partition coefficient (Wildman–Crippen LogP) is -0.481. The van der Waals surface area contributed by atoms with Crippen LogP contribution in [0.3, 0.4) is 0 Å². The monoisotopic (exact) mass is 144 g/mol. The van der Waals surface area contributed by atoms with Crippen molar-refractivity contribution in [2.45, 2.75) is 24.5 Å². The van der Waals surface area contributed by atoms with Gasteiger partial charge in [-0.15, -0.1) is 0 Å². The van der Waals surface area contributed by atoms with Crippen LogP contribution >= 0.6 is 0 Å². The van der Waals surface area contributed by atoms with Crippen LogP contribution in [0.2, 0.25) is 0 Å².